The second-order valence-electron chi connectivity index (χ2n) is 6.21. The molecule has 3 heterocycles. The smallest absolute Gasteiger partial charge is 0.227 e. The Hall–Kier alpha value is -2.52. The Balaban J connectivity index is 1.74. The summed E-state index contributed by atoms with van der Waals surface area (Å²) in [6, 6.07) is 1.73. The van der Waals surface area contributed by atoms with Crippen LogP contribution in [-0.4, -0.2) is 53.9 Å². The van der Waals surface area contributed by atoms with Crippen molar-refractivity contribution in [2.75, 3.05) is 18.9 Å². The Morgan fingerprint density at radius 2 is 2.00 bits per heavy atom. The minimum Gasteiger partial charge on any atom is -0.393 e. The number of nitrogen functional groups attached to an aromatic ring is 1. The van der Waals surface area contributed by atoms with Gasteiger partial charge in [-0.1, -0.05) is 0 Å². The number of fused-ring (bicyclic) bond motifs is 1. The average Bonchev–Trinajstić information content (AvgIpc) is 3.00. The van der Waals surface area contributed by atoms with Gasteiger partial charge in [-0.25, -0.2) is 9.97 Å². The molecule has 1 amide bonds. The molecule has 9 nitrogen and oxygen atoms in total. The molecule has 9 heteroatoms. The standard InChI is InChI=1S/C16H22N6O3/c1-9-12(10(2)19-16(17)18-9)6-15(25)21-3-4-22-11(7-21)5-13(20-22)14(24)8-23/h5,14,23-24H,3-4,6-8H2,1-2H3,(H2,17,18,19)/t14-/m0/s1. The Morgan fingerprint density at radius 1 is 1.32 bits per heavy atom. The fourth-order valence-electron chi connectivity index (χ4n) is 3.04. The van der Waals surface area contributed by atoms with Crippen LogP contribution < -0.4 is 5.73 Å². The van der Waals surface area contributed by atoms with Gasteiger partial charge in [0.1, 0.15) is 6.10 Å². The molecule has 25 heavy (non-hydrogen) atoms. The molecule has 0 bridgehead atoms. The van der Waals surface area contributed by atoms with E-state index in [0.29, 0.717) is 36.7 Å². The lowest BCUT2D eigenvalue weighted by Crippen LogP contribution is -2.39. The van der Waals surface area contributed by atoms with E-state index < -0.39 is 6.10 Å². The summed E-state index contributed by atoms with van der Waals surface area (Å²) in [6.07, 6.45) is -0.780. The first-order chi connectivity index (χ1) is 11.9. The Kier molecular flexibility index (Phi) is 4.69. The highest BCUT2D eigenvalue weighted by atomic mass is 16.3. The van der Waals surface area contributed by atoms with E-state index in [0.717, 1.165) is 11.3 Å². The molecule has 0 saturated carbocycles. The maximum Gasteiger partial charge on any atom is 0.227 e. The summed E-state index contributed by atoms with van der Waals surface area (Å²) in [4.78, 5) is 22.7. The van der Waals surface area contributed by atoms with E-state index in [-0.39, 0.29) is 24.9 Å². The molecule has 0 aromatic carbocycles. The van der Waals surface area contributed by atoms with Crippen molar-refractivity contribution in [3.05, 3.63) is 34.4 Å². The number of nitrogens with two attached hydrogens (primary N) is 1. The summed E-state index contributed by atoms with van der Waals surface area (Å²) >= 11 is 0. The molecule has 0 unspecified atom stereocenters. The van der Waals surface area contributed by atoms with Crippen LogP contribution in [0.1, 0.15) is 34.4 Å². The fourth-order valence-corrected chi connectivity index (χ4v) is 3.04. The van der Waals surface area contributed by atoms with Gasteiger partial charge in [-0.3, -0.25) is 9.48 Å². The van der Waals surface area contributed by atoms with Gasteiger partial charge in [0, 0.05) is 23.5 Å². The number of rotatable bonds is 4. The molecular formula is C16H22N6O3. The van der Waals surface area contributed by atoms with E-state index in [1.807, 2.05) is 13.8 Å². The third-order valence-corrected chi connectivity index (χ3v) is 4.45. The van der Waals surface area contributed by atoms with Crippen molar-refractivity contribution in [2.45, 2.75) is 39.5 Å². The lowest BCUT2D eigenvalue weighted by Gasteiger charge is -2.28. The lowest BCUT2D eigenvalue weighted by atomic mass is 10.1. The predicted molar refractivity (Wildman–Crippen MR) is 89.3 cm³/mol. The van der Waals surface area contributed by atoms with Gasteiger partial charge >= 0.3 is 0 Å². The molecule has 0 aliphatic carbocycles. The van der Waals surface area contributed by atoms with E-state index in [9.17, 15) is 9.90 Å². The van der Waals surface area contributed by atoms with Gasteiger partial charge in [0.25, 0.3) is 0 Å². The van der Waals surface area contributed by atoms with Crippen LogP contribution in [-0.2, 0) is 24.3 Å². The van der Waals surface area contributed by atoms with Crippen LogP contribution in [0.3, 0.4) is 0 Å². The van der Waals surface area contributed by atoms with Crippen molar-refractivity contribution in [2.24, 2.45) is 0 Å². The number of aliphatic hydroxyl groups excluding tert-OH is 2. The zero-order valence-electron chi connectivity index (χ0n) is 14.3. The van der Waals surface area contributed by atoms with Crippen LogP contribution in [0.25, 0.3) is 0 Å². The quantitative estimate of drug-likeness (QED) is 0.679. The van der Waals surface area contributed by atoms with Gasteiger partial charge in [-0.15, -0.1) is 0 Å². The zero-order chi connectivity index (χ0) is 18.1. The first kappa shape index (κ1) is 17.3. The Morgan fingerprint density at radius 3 is 2.64 bits per heavy atom. The third kappa shape index (κ3) is 3.47. The minimum atomic E-state index is -1.00. The van der Waals surface area contributed by atoms with Crippen molar-refractivity contribution >= 4 is 11.9 Å². The van der Waals surface area contributed by atoms with Crippen LogP contribution in [0, 0.1) is 13.8 Å². The number of aliphatic hydroxyl groups is 2. The van der Waals surface area contributed by atoms with Crippen LogP contribution in [0.4, 0.5) is 5.95 Å². The van der Waals surface area contributed by atoms with E-state index >= 15 is 0 Å². The summed E-state index contributed by atoms with van der Waals surface area (Å²) in [5.74, 6) is 0.194. The second-order valence-corrected chi connectivity index (χ2v) is 6.21. The van der Waals surface area contributed by atoms with Crippen molar-refractivity contribution in [3.63, 3.8) is 0 Å². The SMILES string of the molecule is Cc1nc(N)nc(C)c1CC(=O)N1CCn2nc([C@@H](O)CO)cc2C1. The van der Waals surface area contributed by atoms with Gasteiger partial charge in [0.2, 0.25) is 11.9 Å². The predicted octanol–water partition coefficient (Wildman–Crippen LogP) is -0.517. The minimum absolute atomic E-state index is 0.0173. The molecule has 4 N–H and O–H groups in total. The van der Waals surface area contributed by atoms with Crippen molar-refractivity contribution in [3.8, 4) is 0 Å². The van der Waals surface area contributed by atoms with E-state index in [4.69, 9.17) is 10.8 Å². The van der Waals surface area contributed by atoms with Gasteiger partial charge in [0.15, 0.2) is 0 Å². The van der Waals surface area contributed by atoms with Gasteiger partial charge in [-0.2, -0.15) is 5.10 Å². The van der Waals surface area contributed by atoms with Crippen LogP contribution in [0.5, 0.6) is 0 Å². The highest BCUT2D eigenvalue weighted by molar-refractivity contribution is 5.79. The van der Waals surface area contributed by atoms with E-state index in [2.05, 4.69) is 15.1 Å². The summed E-state index contributed by atoms with van der Waals surface area (Å²) in [7, 11) is 0. The first-order valence-corrected chi connectivity index (χ1v) is 8.12. The molecule has 0 saturated heterocycles. The number of aromatic nitrogens is 4. The molecule has 2 aromatic heterocycles. The van der Waals surface area contributed by atoms with Crippen molar-refractivity contribution < 1.29 is 15.0 Å². The molecule has 1 aliphatic rings. The molecule has 0 radical (unpaired) electrons. The molecule has 1 aliphatic heterocycles. The van der Waals surface area contributed by atoms with Crippen molar-refractivity contribution in [1.29, 1.82) is 0 Å². The Bertz CT molecular complexity index is 780. The molecule has 3 rings (SSSR count). The lowest BCUT2D eigenvalue weighted by molar-refractivity contribution is -0.132. The Labute approximate surface area is 145 Å². The largest absolute Gasteiger partial charge is 0.393 e. The summed E-state index contributed by atoms with van der Waals surface area (Å²) < 4.78 is 1.76. The number of carbonyl (C=O) groups excluding carboxylic acids is 1. The highest BCUT2D eigenvalue weighted by Gasteiger charge is 2.25. The molecule has 1 atom stereocenters. The zero-order valence-corrected chi connectivity index (χ0v) is 14.3. The first-order valence-electron chi connectivity index (χ1n) is 8.12. The molecule has 134 valence electrons. The summed E-state index contributed by atoms with van der Waals surface area (Å²) in [5, 5.41) is 23.0. The maximum absolute atomic E-state index is 12.7. The second kappa shape index (κ2) is 6.77. The number of hydrogen-bond acceptors (Lipinski definition) is 7. The number of carbonyl (C=O) groups is 1. The van der Waals surface area contributed by atoms with Gasteiger partial charge in [-0.05, 0) is 19.9 Å². The monoisotopic (exact) mass is 346 g/mol. The van der Waals surface area contributed by atoms with Crippen LogP contribution in [0.15, 0.2) is 6.07 Å². The highest BCUT2D eigenvalue weighted by Crippen LogP contribution is 2.20. The molecule has 0 fully saturated rings. The van der Waals surface area contributed by atoms with Crippen molar-refractivity contribution in [1.82, 2.24) is 24.6 Å². The summed E-state index contributed by atoms with van der Waals surface area (Å²) in [6.45, 7) is 4.77. The average molecular weight is 346 g/mol. The normalized spacial score (nSPS) is 15.1. The summed E-state index contributed by atoms with van der Waals surface area (Å²) in [5.41, 5.74) is 9.12. The van der Waals surface area contributed by atoms with Crippen LogP contribution in [0.2, 0.25) is 0 Å². The maximum atomic E-state index is 12.7. The van der Waals surface area contributed by atoms with Crippen LogP contribution >= 0.6 is 0 Å². The topological polar surface area (TPSA) is 130 Å². The molecule has 0 spiro atoms. The van der Waals surface area contributed by atoms with E-state index in [1.54, 1.807) is 15.6 Å². The molecule has 2 aromatic rings. The van der Waals surface area contributed by atoms with E-state index in [1.165, 1.54) is 0 Å². The third-order valence-electron chi connectivity index (χ3n) is 4.45. The fraction of sp³-hybridized carbons (Fsp3) is 0.500. The van der Waals surface area contributed by atoms with Gasteiger partial charge in [0.05, 0.1) is 37.5 Å². The number of hydrogen-bond donors (Lipinski definition) is 3. The number of nitrogens with zero attached hydrogens (tertiary/aromatic N) is 5. The van der Waals surface area contributed by atoms with Gasteiger partial charge < -0.3 is 20.8 Å². The number of aryl methyl sites for hydroxylation is 2. The molecular weight excluding hydrogens is 324 g/mol. The number of amides is 1. The number of anilines is 1.